The summed E-state index contributed by atoms with van der Waals surface area (Å²) in [5.74, 6) is 0.311. The zero-order valence-corrected chi connectivity index (χ0v) is 11.4. The fourth-order valence-electron chi connectivity index (χ4n) is 2.05. The molecule has 2 amide bonds. The number of carbonyl (C=O) groups excluding carboxylic acids is 2. The van der Waals surface area contributed by atoms with Crippen LogP contribution in [0.5, 0.6) is 0 Å². The van der Waals surface area contributed by atoms with Crippen LogP contribution in [-0.4, -0.2) is 42.4 Å². The smallest absolute Gasteiger partial charge is 0.222 e. The van der Waals surface area contributed by atoms with Gasteiger partial charge in [0.25, 0.3) is 0 Å². The average molecular weight is 255 g/mol. The molecule has 0 unspecified atom stereocenters. The largest absolute Gasteiger partial charge is 0.353 e. The Bertz CT molecular complexity index is 284. The topological polar surface area (TPSA) is 75.4 Å². The number of hydrogen-bond donors (Lipinski definition) is 2. The summed E-state index contributed by atoms with van der Waals surface area (Å²) in [5.41, 5.74) is 5.39. The lowest BCUT2D eigenvalue weighted by molar-refractivity contribution is -0.132. The molecule has 1 aliphatic heterocycles. The van der Waals surface area contributed by atoms with Crippen LogP contribution in [0.2, 0.25) is 0 Å². The number of amides is 2. The molecule has 0 spiro atoms. The highest BCUT2D eigenvalue weighted by molar-refractivity contribution is 5.78. The number of nitrogens with zero attached hydrogens (tertiary/aromatic N) is 1. The lowest BCUT2D eigenvalue weighted by atomic mass is 10.0. The van der Waals surface area contributed by atoms with Gasteiger partial charge in [-0.25, -0.2) is 0 Å². The van der Waals surface area contributed by atoms with Gasteiger partial charge < -0.3 is 16.0 Å². The lowest BCUT2D eigenvalue weighted by Crippen LogP contribution is -2.47. The van der Waals surface area contributed by atoms with E-state index in [2.05, 4.69) is 5.32 Å². The Morgan fingerprint density at radius 1 is 1.33 bits per heavy atom. The number of nitrogens with two attached hydrogens (primary N) is 1. The Morgan fingerprint density at radius 2 is 1.94 bits per heavy atom. The molecular weight excluding hydrogens is 230 g/mol. The third kappa shape index (κ3) is 4.64. The lowest BCUT2D eigenvalue weighted by Gasteiger charge is -2.32. The van der Waals surface area contributed by atoms with Crippen molar-refractivity contribution in [2.45, 2.75) is 45.6 Å². The zero-order chi connectivity index (χ0) is 13.5. The Balaban J connectivity index is 2.28. The summed E-state index contributed by atoms with van der Waals surface area (Å²) >= 11 is 0. The minimum absolute atomic E-state index is 0.0224. The second kappa shape index (κ2) is 7.36. The summed E-state index contributed by atoms with van der Waals surface area (Å²) < 4.78 is 0. The quantitative estimate of drug-likeness (QED) is 0.750. The molecule has 0 aromatic carbocycles. The third-order valence-corrected chi connectivity index (χ3v) is 3.31. The van der Waals surface area contributed by atoms with Gasteiger partial charge in [-0.3, -0.25) is 9.59 Å². The second-order valence-corrected chi connectivity index (χ2v) is 5.21. The van der Waals surface area contributed by atoms with Gasteiger partial charge >= 0.3 is 0 Å². The Hall–Kier alpha value is -1.10. The minimum Gasteiger partial charge on any atom is -0.353 e. The van der Waals surface area contributed by atoms with E-state index in [0.717, 1.165) is 32.4 Å². The molecule has 0 bridgehead atoms. The van der Waals surface area contributed by atoms with E-state index in [4.69, 9.17) is 5.73 Å². The Labute approximate surface area is 109 Å². The van der Waals surface area contributed by atoms with Gasteiger partial charge in [-0.05, 0) is 25.8 Å². The number of piperidine rings is 1. The maximum Gasteiger partial charge on any atom is 0.222 e. The van der Waals surface area contributed by atoms with E-state index < -0.39 is 0 Å². The van der Waals surface area contributed by atoms with E-state index in [1.165, 1.54) is 0 Å². The van der Waals surface area contributed by atoms with E-state index >= 15 is 0 Å². The van der Waals surface area contributed by atoms with E-state index in [-0.39, 0.29) is 23.8 Å². The van der Waals surface area contributed by atoms with Crippen molar-refractivity contribution in [2.75, 3.05) is 19.6 Å². The van der Waals surface area contributed by atoms with Crippen molar-refractivity contribution in [1.29, 1.82) is 0 Å². The summed E-state index contributed by atoms with van der Waals surface area (Å²) in [6.07, 6.45) is 3.00. The first kappa shape index (κ1) is 15.0. The predicted molar refractivity (Wildman–Crippen MR) is 70.9 cm³/mol. The highest BCUT2D eigenvalue weighted by Crippen LogP contribution is 2.12. The van der Waals surface area contributed by atoms with Crippen LogP contribution in [0.15, 0.2) is 0 Å². The molecule has 5 nitrogen and oxygen atoms in total. The SMILES string of the molecule is CC(C)C(=O)NC1CCN(C(=O)CCCN)CC1. The van der Waals surface area contributed by atoms with Crippen LogP contribution < -0.4 is 11.1 Å². The fraction of sp³-hybridized carbons (Fsp3) is 0.846. The fourth-order valence-corrected chi connectivity index (χ4v) is 2.05. The van der Waals surface area contributed by atoms with Crippen LogP contribution in [0.3, 0.4) is 0 Å². The van der Waals surface area contributed by atoms with E-state index in [0.29, 0.717) is 13.0 Å². The number of likely N-dealkylation sites (tertiary alicyclic amines) is 1. The van der Waals surface area contributed by atoms with Gasteiger partial charge in [0, 0.05) is 31.5 Å². The van der Waals surface area contributed by atoms with Gasteiger partial charge in [0.2, 0.25) is 11.8 Å². The van der Waals surface area contributed by atoms with Crippen molar-refractivity contribution >= 4 is 11.8 Å². The number of carbonyl (C=O) groups is 2. The molecular formula is C13H25N3O2. The van der Waals surface area contributed by atoms with Crippen LogP contribution in [0.25, 0.3) is 0 Å². The third-order valence-electron chi connectivity index (χ3n) is 3.31. The van der Waals surface area contributed by atoms with Crippen LogP contribution in [-0.2, 0) is 9.59 Å². The van der Waals surface area contributed by atoms with Gasteiger partial charge in [-0.2, -0.15) is 0 Å². The van der Waals surface area contributed by atoms with Crippen LogP contribution in [0, 0.1) is 5.92 Å². The maximum absolute atomic E-state index is 11.8. The number of nitrogens with one attached hydrogen (secondary N) is 1. The maximum atomic E-state index is 11.8. The van der Waals surface area contributed by atoms with Crippen molar-refractivity contribution in [3.05, 3.63) is 0 Å². The number of hydrogen-bond acceptors (Lipinski definition) is 3. The van der Waals surface area contributed by atoms with Crippen molar-refractivity contribution in [3.8, 4) is 0 Å². The summed E-state index contributed by atoms with van der Waals surface area (Å²) in [6.45, 7) is 5.83. The van der Waals surface area contributed by atoms with Crippen LogP contribution in [0.1, 0.15) is 39.5 Å². The molecule has 5 heteroatoms. The van der Waals surface area contributed by atoms with Gasteiger partial charge in [-0.15, -0.1) is 0 Å². The predicted octanol–water partition coefficient (Wildman–Crippen LogP) is 0.489. The van der Waals surface area contributed by atoms with Gasteiger partial charge in [0.1, 0.15) is 0 Å². The van der Waals surface area contributed by atoms with E-state index in [1.54, 1.807) is 0 Å². The van der Waals surface area contributed by atoms with Crippen molar-refractivity contribution in [2.24, 2.45) is 11.7 Å². The first-order valence-electron chi connectivity index (χ1n) is 6.82. The van der Waals surface area contributed by atoms with Crippen LogP contribution >= 0.6 is 0 Å². The first-order valence-corrected chi connectivity index (χ1v) is 6.82. The van der Waals surface area contributed by atoms with Crippen molar-refractivity contribution in [1.82, 2.24) is 10.2 Å². The zero-order valence-electron chi connectivity index (χ0n) is 11.4. The molecule has 0 aromatic rings. The Morgan fingerprint density at radius 3 is 2.44 bits per heavy atom. The second-order valence-electron chi connectivity index (χ2n) is 5.21. The Kier molecular flexibility index (Phi) is 6.12. The molecule has 0 radical (unpaired) electrons. The average Bonchev–Trinajstić information content (AvgIpc) is 2.36. The molecule has 1 heterocycles. The van der Waals surface area contributed by atoms with E-state index in [9.17, 15) is 9.59 Å². The van der Waals surface area contributed by atoms with Gasteiger partial charge in [-0.1, -0.05) is 13.8 Å². The normalized spacial score (nSPS) is 17.0. The van der Waals surface area contributed by atoms with Gasteiger partial charge in [0.05, 0.1) is 0 Å². The molecule has 1 fully saturated rings. The summed E-state index contributed by atoms with van der Waals surface area (Å²) in [4.78, 5) is 25.2. The highest BCUT2D eigenvalue weighted by Gasteiger charge is 2.23. The monoisotopic (exact) mass is 255 g/mol. The van der Waals surface area contributed by atoms with Crippen molar-refractivity contribution in [3.63, 3.8) is 0 Å². The molecule has 0 aliphatic carbocycles. The first-order chi connectivity index (χ1) is 8.54. The number of rotatable bonds is 5. The molecule has 1 aliphatic rings. The van der Waals surface area contributed by atoms with Crippen molar-refractivity contribution < 1.29 is 9.59 Å². The molecule has 0 aromatic heterocycles. The summed E-state index contributed by atoms with van der Waals surface area (Å²) in [5, 5.41) is 3.02. The molecule has 18 heavy (non-hydrogen) atoms. The molecule has 1 rings (SSSR count). The molecule has 0 atom stereocenters. The standard InChI is InChI=1S/C13H25N3O2/c1-10(2)13(18)15-11-5-8-16(9-6-11)12(17)4-3-7-14/h10-11H,3-9,14H2,1-2H3,(H,15,18). The minimum atomic E-state index is 0.0224. The molecule has 0 saturated carbocycles. The van der Waals surface area contributed by atoms with Gasteiger partial charge in [0.15, 0.2) is 0 Å². The summed E-state index contributed by atoms with van der Waals surface area (Å²) in [6, 6.07) is 0.221. The summed E-state index contributed by atoms with van der Waals surface area (Å²) in [7, 11) is 0. The van der Waals surface area contributed by atoms with E-state index in [1.807, 2.05) is 18.7 Å². The molecule has 1 saturated heterocycles. The highest BCUT2D eigenvalue weighted by atomic mass is 16.2. The molecule has 104 valence electrons. The van der Waals surface area contributed by atoms with Crippen LogP contribution in [0.4, 0.5) is 0 Å². The molecule has 3 N–H and O–H groups in total.